The minimum atomic E-state index is -4.29. The Morgan fingerprint density at radius 3 is 2.67 bits per heavy atom. The molecule has 0 aliphatic heterocycles. The molecule has 1 aromatic carbocycles. The van der Waals surface area contributed by atoms with Gasteiger partial charge >= 0.3 is 12.1 Å². The van der Waals surface area contributed by atoms with Crippen LogP contribution in [0, 0.1) is 0 Å². The molecular weight excluding hydrogens is 285 g/mol. The van der Waals surface area contributed by atoms with Crippen LogP contribution < -0.4 is 5.32 Å². The summed E-state index contributed by atoms with van der Waals surface area (Å²) >= 11 is 0. The Bertz CT molecular complexity index is 671. The van der Waals surface area contributed by atoms with Crippen LogP contribution in [0.2, 0.25) is 0 Å². The molecule has 0 amide bonds. The van der Waals surface area contributed by atoms with Gasteiger partial charge in [-0.1, -0.05) is 18.2 Å². The van der Waals surface area contributed by atoms with Gasteiger partial charge in [0.25, 0.3) is 0 Å². The van der Waals surface area contributed by atoms with E-state index in [9.17, 15) is 18.0 Å². The fourth-order valence-electron chi connectivity index (χ4n) is 2.07. The molecule has 0 radical (unpaired) electrons. The van der Waals surface area contributed by atoms with Crippen LogP contribution in [0.1, 0.15) is 23.8 Å². The van der Waals surface area contributed by atoms with Crippen molar-refractivity contribution in [1.29, 1.82) is 0 Å². The van der Waals surface area contributed by atoms with Crippen molar-refractivity contribution in [2.45, 2.75) is 25.6 Å². The number of benzene rings is 1. The van der Waals surface area contributed by atoms with Crippen LogP contribution in [0.4, 0.5) is 18.9 Å². The fraction of sp³-hybridized carbons (Fsp3) is 0.286. The summed E-state index contributed by atoms with van der Waals surface area (Å²) in [7, 11) is 0. The molecular formula is C14H13F3N2O2. The summed E-state index contributed by atoms with van der Waals surface area (Å²) in [5, 5.41) is 12.3. The number of carbonyl (C=O) groups is 1. The van der Waals surface area contributed by atoms with Gasteiger partial charge in [-0.05, 0) is 19.1 Å². The van der Waals surface area contributed by atoms with Gasteiger partial charge in [0.1, 0.15) is 0 Å². The van der Waals surface area contributed by atoms with E-state index in [1.807, 2.05) is 0 Å². The number of aromatic nitrogens is 1. The third-order valence-electron chi connectivity index (χ3n) is 2.87. The summed E-state index contributed by atoms with van der Waals surface area (Å²) < 4.78 is 37.2. The second kappa shape index (κ2) is 5.59. The number of aromatic carboxylic acids is 1. The summed E-state index contributed by atoms with van der Waals surface area (Å²) in [5.41, 5.74) is 0.532. The largest absolute Gasteiger partial charge is 0.477 e. The van der Waals surface area contributed by atoms with E-state index in [4.69, 9.17) is 5.11 Å². The van der Waals surface area contributed by atoms with Crippen LogP contribution in [0.3, 0.4) is 0 Å². The highest BCUT2D eigenvalue weighted by atomic mass is 19.4. The molecule has 1 aromatic heterocycles. The van der Waals surface area contributed by atoms with Gasteiger partial charge in [-0.15, -0.1) is 0 Å². The van der Waals surface area contributed by atoms with Crippen molar-refractivity contribution in [2.75, 3.05) is 5.32 Å². The minimum Gasteiger partial charge on any atom is -0.477 e. The summed E-state index contributed by atoms with van der Waals surface area (Å²) in [6, 6.07) is 7.06. The lowest BCUT2D eigenvalue weighted by molar-refractivity contribution is -0.136. The summed E-state index contributed by atoms with van der Waals surface area (Å²) in [6.45, 7) is 1.39. The third-order valence-corrected chi connectivity index (χ3v) is 2.87. The smallest absolute Gasteiger partial charge is 0.391 e. The quantitative estimate of drug-likeness (QED) is 0.903. The predicted molar refractivity (Wildman–Crippen MR) is 72.5 cm³/mol. The van der Waals surface area contributed by atoms with Crippen molar-refractivity contribution in [1.82, 2.24) is 4.98 Å². The number of halogens is 3. The van der Waals surface area contributed by atoms with E-state index in [1.165, 1.54) is 13.0 Å². The maximum atomic E-state index is 12.4. The Kier molecular flexibility index (Phi) is 4.02. The number of hydrogen-bond acceptors (Lipinski definition) is 3. The number of pyridine rings is 1. The van der Waals surface area contributed by atoms with E-state index < -0.39 is 24.6 Å². The van der Waals surface area contributed by atoms with Gasteiger partial charge < -0.3 is 10.4 Å². The average molecular weight is 298 g/mol. The van der Waals surface area contributed by atoms with E-state index in [0.29, 0.717) is 16.6 Å². The van der Waals surface area contributed by atoms with Crippen LogP contribution in [-0.4, -0.2) is 28.3 Å². The first kappa shape index (κ1) is 15.1. The van der Waals surface area contributed by atoms with Crippen LogP contribution in [0.5, 0.6) is 0 Å². The first-order chi connectivity index (χ1) is 9.76. The Labute approximate surface area is 118 Å². The fourth-order valence-corrected chi connectivity index (χ4v) is 2.07. The summed E-state index contributed by atoms with van der Waals surface area (Å²) in [6.07, 6.45) is -5.29. The molecule has 2 N–H and O–H groups in total. The Morgan fingerprint density at radius 1 is 1.38 bits per heavy atom. The average Bonchev–Trinajstić information content (AvgIpc) is 2.36. The highest BCUT2D eigenvalue weighted by Gasteiger charge is 2.30. The molecule has 2 rings (SSSR count). The van der Waals surface area contributed by atoms with Gasteiger partial charge in [0, 0.05) is 17.1 Å². The van der Waals surface area contributed by atoms with E-state index in [2.05, 4.69) is 10.3 Å². The van der Waals surface area contributed by atoms with E-state index in [-0.39, 0.29) is 5.69 Å². The molecule has 0 saturated heterocycles. The van der Waals surface area contributed by atoms with Crippen molar-refractivity contribution in [3.8, 4) is 0 Å². The van der Waals surface area contributed by atoms with Gasteiger partial charge in [0.2, 0.25) is 0 Å². The Hall–Kier alpha value is -2.31. The number of para-hydroxylation sites is 1. The zero-order chi connectivity index (χ0) is 15.6. The van der Waals surface area contributed by atoms with Crippen molar-refractivity contribution < 1.29 is 23.1 Å². The molecule has 112 valence electrons. The van der Waals surface area contributed by atoms with Crippen molar-refractivity contribution in [2.24, 2.45) is 0 Å². The zero-order valence-corrected chi connectivity index (χ0v) is 11.1. The SMILES string of the molecule is CC(CC(F)(F)F)Nc1cc(C(=O)O)nc2ccccc12. The third kappa shape index (κ3) is 3.84. The molecule has 0 fully saturated rings. The van der Waals surface area contributed by atoms with Crippen molar-refractivity contribution in [3.05, 3.63) is 36.0 Å². The molecule has 0 bridgehead atoms. The number of anilines is 1. The molecule has 0 aliphatic rings. The predicted octanol–water partition coefficient (Wildman–Crippen LogP) is 3.69. The lowest BCUT2D eigenvalue weighted by atomic mass is 10.1. The maximum Gasteiger partial charge on any atom is 0.391 e. The maximum absolute atomic E-state index is 12.4. The second-order valence-electron chi connectivity index (χ2n) is 4.74. The van der Waals surface area contributed by atoms with Crippen molar-refractivity contribution >= 4 is 22.6 Å². The van der Waals surface area contributed by atoms with Crippen LogP contribution in [0.25, 0.3) is 10.9 Å². The second-order valence-corrected chi connectivity index (χ2v) is 4.74. The van der Waals surface area contributed by atoms with Crippen LogP contribution >= 0.6 is 0 Å². The van der Waals surface area contributed by atoms with E-state index in [0.717, 1.165) is 0 Å². The molecule has 0 aliphatic carbocycles. The lowest BCUT2D eigenvalue weighted by Crippen LogP contribution is -2.24. The first-order valence-corrected chi connectivity index (χ1v) is 6.22. The molecule has 1 atom stereocenters. The molecule has 0 saturated carbocycles. The first-order valence-electron chi connectivity index (χ1n) is 6.22. The number of hydrogen-bond donors (Lipinski definition) is 2. The van der Waals surface area contributed by atoms with Gasteiger partial charge in [-0.3, -0.25) is 0 Å². The standard InChI is InChI=1S/C14H13F3N2O2/c1-8(7-14(15,16)17)18-11-6-12(13(20)21)19-10-5-3-2-4-9(10)11/h2-6,8H,7H2,1H3,(H,18,19)(H,20,21). The molecule has 1 unspecified atom stereocenters. The molecule has 7 heteroatoms. The number of fused-ring (bicyclic) bond motifs is 1. The topological polar surface area (TPSA) is 62.2 Å². The number of carboxylic acid groups (broad SMARTS) is 1. The summed E-state index contributed by atoms with van der Waals surface area (Å²) in [5.74, 6) is -1.23. The Morgan fingerprint density at radius 2 is 2.05 bits per heavy atom. The molecule has 4 nitrogen and oxygen atoms in total. The van der Waals surface area contributed by atoms with Gasteiger partial charge in [-0.25, -0.2) is 9.78 Å². The zero-order valence-electron chi connectivity index (χ0n) is 11.1. The molecule has 21 heavy (non-hydrogen) atoms. The van der Waals surface area contributed by atoms with Crippen molar-refractivity contribution in [3.63, 3.8) is 0 Å². The highest BCUT2D eigenvalue weighted by Crippen LogP contribution is 2.27. The highest BCUT2D eigenvalue weighted by molar-refractivity contribution is 5.97. The molecule has 1 heterocycles. The van der Waals surface area contributed by atoms with Crippen LogP contribution in [0.15, 0.2) is 30.3 Å². The summed E-state index contributed by atoms with van der Waals surface area (Å²) in [4.78, 5) is 15.0. The lowest BCUT2D eigenvalue weighted by Gasteiger charge is -2.18. The monoisotopic (exact) mass is 298 g/mol. The van der Waals surface area contributed by atoms with Gasteiger partial charge in [0.05, 0.1) is 11.9 Å². The number of alkyl halides is 3. The van der Waals surface area contributed by atoms with E-state index in [1.54, 1.807) is 24.3 Å². The molecule has 2 aromatic rings. The van der Waals surface area contributed by atoms with Crippen LogP contribution in [-0.2, 0) is 0 Å². The van der Waals surface area contributed by atoms with E-state index >= 15 is 0 Å². The number of carboxylic acids is 1. The number of nitrogens with zero attached hydrogens (tertiary/aromatic N) is 1. The normalized spacial score (nSPS) is 13.1. The van der Waals surface area contributed by atoms with Gasteiger partial charge in [-0.2, -0.15) is 13.2 Å². The molecule has 0 spiro atoms. The van der Waals surface area contributed by atoms with Gasteiger partial charge in [0.15, 0.2) is 5.69 Å². The number of nitrogens with one attached hydrogen (secondary N) is 1. The Balaban J connectivity index is 2.39. The number of rotatable bonds is 4. The minimum absolute atomic E-state index is 0.213.